The molecule has 0 aliphatic heterocycles. The van der Waals surface area contributed by atoms with Gasteiger partial charge in [0.25, 0.3) is 11.6 Å². The molecular weight excluding hydrogens is 571 g/mol. The number of benzene rings is 3. The van der Waals surface area contributed by atoms with Gasteiger partial charge < -0.3 is 4.74 Å². The van der Waals surface area contributed by atoms with E-state index in [0.717, 1.165) is 12.1 Å². The molecule has 204 valence electrons. The molecule has 0 atom stereocenters. The molecule has 0 aliphatic carbocycles. The molecule has 14 heteroatoms. The first-order valence-electron chi connectivity index (χ1n) is 11.3. The van der Waals surface area contributed by atoms with Crippen molar-refractivity contribution in [2.45, 2.75) is 16.2 Å². The Hall–Kier alpha value is -4.49. The average molecular weight is 588 g/mol. The Balaban J connectivity index is 1.49. The Kier molecular flexibility index (Phi) is 8.97. The fraction of sp³-hybridized carbons (Fsp3) is 0.0769. The minimum absolute atomic E-state index is 0.0147. The number of nitro benzene ring substituents is 1. The van der Waals surface area contributed by atoms with Gasteiger partial charge >= 0.3 is 6.18 Å². The molecule has 1 heterocycles. The highest BCUT2D eigenvalue weighted by Crippen LogP contribution is 2.37. The number of amides is 1. The summed E-state index contributed by atoms with van der Waals surface area (Å²) in [6, 6.07) is 19.3. The smallest absolute Gasteiger partial charge is 0.433 e. The van der Waals surface area contributed by atoms with E-state index in [1.807, 2.05) is 0 Å². The number of ether oxygens (including phenoxy) is 1. The maximum atomic E-state index is 13.5. The first-order chi connectivity index (χ1) is 19.1. The molecule has 3 aromatic carbocycles. The first-order valence-corrected chi connectivity index (χ1v) is 12.5. The lowest BCUT2D eigenvalue weighted by molar-refractivity contribution is -0.387. The molecule has 0 radical (unpaired) electrons. The van der Waals surface area contributed by atoms with Crippen molar-refractivity contribution in [3.05, 3.63) is 105 Å². The van der Waals surface area contributed by atoms with Gasteiger partial charge in [0.2, 0.25) is 0 Å². The van der Waals surface area contributed by atoms with Crippen LogP contribution in [0.3, 0.4) is 0 Å². The van der Waals surface area contributed by atoms with Gasteiger partial charge in [-0.3, -0.25) is 14.9 Å². The monoisotopic (exact) mass is 587 g/mol. The lowest BCUT2D eigenvalue weighted by Gasteiger charge is -2.11. The molecule has 0 saturated carbocycles. The molecule has 40 heavy (non-hydrogen) atoms. The molecule has 1 amide bonds. The third-order valence-electron chi connectivity index (χ3n) is 5.03. The summed E-state index contributed by atoms with van der Waals surface area (Å²) in [7, 11) is 0. The maximum absolute atomic E-state index is 13.5. The molecule has 4 aromatic rings. The van der Waals surface area contributed by atoms with Gasteiger partial charge in [0, 0.05) is 22.2 Å². The fourth-order valence-corrected chi connectivity index (χ4v) is 4.19. The second kappa shape index (κ2) is 12.6. The molecule has 1 aromatic heterocycles. The van der Waals surface area contributed by atoms with Crippen molar-refractivity contribution in [2.75, 3.05) is 6.61 Å². The largest absolute Gasteiger partial charge is 0.484 e. The lowest BCUT2D eigenvalue weighted by atomic mass is 10.1. The second-order valence-electron chi connectivity index (χ2n) is 7.91. The summed E-state index contributed by atoms with van der Waals surface area (Å²) >= 11 is 6.41. The standard InChI is InChI=1S/C26H17ClF3N5O4S/c27-18-7-9-19(10-8-18)39-15-24(36)34-31-14-16-6-11-22(21(12-16)35(37)38)40-25-32-20(17-4-2-1-3-5-17)13-23(33-25)26(28,29)30/h1-14H,15H2,(H,34,36)/b31-14+. The van der Waals surface area contributed by atoms with Crippen LogP contribution in [-0.2, 0) is 11.0 Å². The minimum Gasteiger partial charge on any atom is -0.484 e. The van der Waals surface area contributed by atoms with Crippen molar-refractivity contribution in [2.24, 2.45) is 5.10 Å². The zero-order valence-corrected chi connectivity index (χ0v) is 21.7. The summed E-state index contributed by atoms with van der Waals surface area (Å²) < 4.78 is 45.9. The van der Waals surface area contributed by atoms with Crippen LogP contribution in [0, 0.1) is 10.1 Å². The number of halogens is 4. The lowest BCUT2D eigenvalue weighted by Crippen LogP contribution is -2.24. The van der Waals surface area contributed by atoms with Crippen LogP contribution in [0.2, 0.25) is 5.02 Å². The van der Waals surface area contributed by atoms with Crippen LogP contribution in [0.15, 0.2) is 94.0 Å². The maximum Gasteiger partial charge on any atom is 0.433 e. The Labute approximate surface area is 234 Å². The molecule has 0 unspecified atom stereocenters. The van der Waals surface area contributed by atoms with E-state index in [1.54, 1.807) is 54.6 Å². The zero-order chi connectivity index (χ0) is 28.7. The average Bonchev–Trinajstić information content (AvgIpc) is 2.93. The van der Waals surface area contributed by atoms with E-state index in [1.165, 1.54) is 18.3 Å². The van der Waals surface area contributed by atoms with Gasteiger partial charge in [-0.2, -0.15) is 18.3 Å². The van der Waals surface area contributed by atoms with Gasteiger partial charge in [-0.25, -0.2) is 15.4 Å². The van der Waals surface area contributed by atoms with Gasteiger partial charge in [-0.05, 0) is 48.2 Å². The number of hydrogen-bond donors (Lipinski definition) is 1. The highest BCUT2D eigenvalue weighted by atomic mass is 35.5. The molecule has 0 bridgehead atoms. The van der Waals surface area contributed by atoms with Crippen LogP contribution in [-0.4, -0.2) is 33.6 Å². The predicted octanol–water partition coefficient (Wildman–Crippen LogP) is 6.40. The number of carbonyl (C=O) groups is 1. The zero-order valence-electron chi connectivity index (χ0n) is 20.1. The molecule has 0 saturated heterocycles. The molecule has 0 fully saturated rings. The van der Waals surface area contributed by atoms with E-state index in [2.05, 4.69) is 20.5 Å². The fourth-order valence-electron chi connectivity index (χ4n) is 3.21. The topological polar surface area (TPSA) is 120 Å². The SMILES string of the molecule is O=C(COc1ccc(Cl)cc1)N/N=C/c1ccc(Sc2nc(-c3ccccc3)cc(C(F)(F)F)n2)c([N+](=O)[O-])c1. The van der Waals surface area contributed by atoms with Crippen molar-refractivity contribution in [3.8, 4) is 17.0 Å². The molecular formula is C26H17ClF3N5O4S. The second-order valence-corrected chi connectivity index (χ2v) is 9.35. The third kappa shape index (κ3) is 7.77. The van der Waals surface area contributed by atoms with E-state index < -0.39 is 28.4 Å². The van der Waals surface area contributed by atoms with Crippen molar-refractivity contribution in [1.29, 1.82) is 0 Å². The van der Waals surface area contributed by atoms with Crippen LogP contribution in [0.4, 0.5) is 18.9 Å². The van der Waals surface area contributed by atoms with Crippen LogP contribution >= 0.6 is 23.4 Å². The number of hydrazone groups is 1. The Morgan fingerprint density at radius 3 is 2.48 bits per heavy atom. The van der Waals surface area contributed by atoms with Crippen LogP contribution in [0.1, 0.15) is 11.3 Å². The van der Waals surface area contributed by atoms with Gasteiger partial charge in [-0.15, -0.1) is 0 Å². The van der Waals surface area contributed by atoms with Gasteiger partial charge in [0.15, 0.2) is 11.8 Å². The van der Waals surface area contributed by atoms with E-state index >= 15 is 0 Å². The molecule has 9 nitrogen and oxygen atoms in total. The summed E-state index contributed by atoms with van der Waals surface area (Å²) in [4.78, 5) is 30.8. The van der Waals surface area contributed by atoms with Crippen LogP contribution < -0.4 is 10.2 Å². The Bertz CT molecular complexity index is 1550. The number of nitrogens with zero attached hydrogens (tertiary/aromatic N) is 4. The van der Waals surface area contributed by atoms with E-state index in [-0.39, 0.29) is 27.9 Å². The summed E-state index contributed by atoms with van der Waals surface area (Å²) in [5.41, 5.74) is 1.36. The Morgan fingerprint density at radius 2 is 1.80 bits per heavy atom. The van der Waals surface area contributed by atoms with Crippen LogP contribution in [0.5, 0.6) is 5.75 Å². The summed E-state index contributed by atoms with van der Waals surface area (Å²) in [6.07, 6.45) is -3.58. The number of hydrogen-bond acceptors (Lipinski definition) is 8. The minimum atomic E-state index is -4.75. The Morgan fingerprint density at radius 1 is 1.07 bits per heavy atom. The van der Waals surface area contributed by atoms with Crippen LogP contribution in [0.25, 0.3) is 11.3 Å². The number of alkyl halides is 3. The highest BCUT2D eigenvalue weighted by molar-refractivity contribution is 7.99. The van der Waals surface area contributed by atoms with Crippen molar-refractivity contribution >= 4 is 41.2 Å². The van der Waals surface area contributed by atoms with E-state index in [0.29, 0.717) is 28.1 Å². The van der Waals surface area contributed by atoms with E-state index in [4.69, 9.17) is 16.3 Å². The van der Waals surface area contributed by atoms with Crippen molar-refractivity contribution in [3.63, 3.8) is 0 Å². The number of nitro groups is 1. The van der Waals surface area contributed by atoms with E-state index in [9.17, 15) is 28.1 Å². The van der Waals surface area contributed by atoms with Gasteiger partial charge in [0.05, 0.1) is 21.7 Å². The molecule has 0 spiro atoms. The third-order valence-corrected chi connectivity index (χ3v) is 6.22. The molecule has 4 rings (SSSR count). The quantitative estimate of drug-likeness (QED) is 0.104. The normalized spacial score (nSPS) is 11.4. The van der Waals surface area contributed by atoms with Gasteiger partial charge in [0.1, 0.15) is 11.4 Å². The predicted molar refractivity (Wildman–Crippen MR) is 142 cm³/mol. The van der Waals surface area contributed by atoms with Gasteiger partial charge in [-0.1, -0.05) is 48.0 Å². The number of aromatic nitrogens is 2. The van der Waals surface area contributed by atoms with Crippen molar-refractivity contribution < 1.29 is 27.6 Å². The molecule has 1 N–H and O–H groups in total. The first kappa shape index (κ1) is 28.5. The number of nitrogens with one attached hydrogen (secondary N) is 1. The summed E-state index contributed by atoms with van der Waals surface area (Å²) in [5.74, 6) is -0.156. The summed E-state index contributed by atoms with van der Waals surface area (Å²) in [6.45, 7) is -0.337. The summed E-state index contributed by atoms with van der Waals surface area (Å²) in [5, 5.41) is 15.7. The highest BCUT2D eigenvalue weighted by Gasteiger charge is 2.34. The number of rotatable bonds is 9. The number of carbonyl (C=O) groups excluding carboxylic acids is 1. The molecule has 0 aliphatic rings. The van der Waals surface area contributed by atoms with Crippen molar-refractivity contribution in [1.82, 2.24) is 15.4 Å².